The quantitative estimate of drug-likeness (QED) is 0.295. The Balaban J connectivity index is 3.01. The molecule has 0 saturated heterocycles. The van der Waals surface area contributed by atoms with Crippen molar-refractivity contribution in [3.63, 3.8) is 0 Å². The van der Waals surface area contributed by atoms with Crippen molar-refractivity contribution < 1.29 is 9.53 Å². The van der Waals surface area contributed by atoms with Gasteiger partial charge in [-0.05, 0) is 13.2 Å². The normalized spacial score (nSPS) is 9.93. The largest absolute Gasteiger partial charge is 0.462 e. The van der Waals surface area contributed by atoms with Crippen LogP contribution in [0.2, 0.25) is 0 Å². The highest BCUT2D eigenvalue weighted by Gasteiger charge is 2.20. The number of esters is 1. The third-order valence-electron chi connectivity index (χ3n) is 1.55. The number of thioether (sulfide) groups is 1. The van der Waals surface area contributed by atoms with Gasteiger partial charge in [-0.2, -0.15) is 5.10 Å². The smallest absolute Gasteiger partial charge is 0.344 e. The monoisotopic (exact) mass is 216 g/mol. The second-order valence-corrected chi connectivity index (χ2v) is 3.14. The number of nitrogen functional groups attached to an aromatic ring is 1. The lowest BCUT2D eigenvalue weighted by atomic mass is 10.3. The Hall–Kier alpha value is -1.21. The van der Waals surface area contributed by atoms with E-state index in [1.54, 1.807) is 6.92 Å². The number of aromatic nitrogens is 2. The van der Waals surface area contributed by atoms with Crippen LogP contribution in [0.5, 0.6) is 0 Å². The van der Waals surface area contributed by atoms with Gasteiger partial charge < -0.3 is 10.2 Å². The average Bonchev–Trinajstić information content (AvgIpc) is 2.60. The first kappa shape index (κ1) is 10.9. The van der Waals surface area contributed by atoms with Gasteiger partial charge in [0.05, 0.1) is 6.61 Å². The summed E-state index contributed by atoms with van der Waals surface area (Å²) in [5.41, 5.74) is 2.71. The Kier molecular flexibility index (Phi) is 3.78. The molecule has 0 fully saturated rings. The molecule has 0 radical (unpaired) electrons. The van der Waals surface area contributed by atoms with Crippen LogP contribution >= 0.6 is 11.8 Å². The van der Waals surface area contributed by atoms with Crippen molar-refractivity contribution in [2.75, 3.05) is 18.3 Å². The Morgan fingerprint density at radius 1 is 1.79 bits per heavy atom. The van der Waals surface area contributed by atoms with Crippen molar-refractivity contribution in [1.29, 1.82) is 0 Å². The molecular weight excluding hydrogens is 204 g/mol. The number of aromatic amines is 1. The van der Waals surface area contributed by atoms with E-state index in [1.807, 2.05) is 6.26 Å². The zero-order valence-corrected chi connectivity index (χ0v) is 8.77. The predicted molar refractivity (Wildman–Crippen MR) is 54.1 cm³/mol. The molecule has 7 heteroatoms. The van der Waals surface area contributed by atoms with Crippen molar-refractivity contribution in [2.24, 2.45) is 5.84 Å². The van der Waals surface area contributed by atoms with Gasteiger partial charge in [0.15, 0.2) is 5.82 Å². The van der Waals surface area contributed by atoms with Crippen molar-refractivity contribution in [2.45, 2.75) is 11.9 Å². The molecule has 4 N–H and O–H groups in total. The number of nitrogens with one attached hydrogen (secondary N) is 2. The van der Waals surface area contributed by atoms with E-state index in [0.717, 1.165) is 0 Å². The molecule has 0 amide bonds. The minimum absolute atomic E-state index is 0.321. The maximum atomic E-state index is 11.5. The summed E-state index contributed by atoms with van der Waals surface area (Å²) in [5, 5.41) is 7.08. The number of nitrogens with zero attached hydrogens (tertiary/aromatic N) is 1. The van der Waals surface area contributed by atoms with Gasteiger partial charge in [-0.25, -0.2) is 10.6 Å². The van der Waals surface area contributed by atoms with E-state index in [2.05, 4.69) is 15.6 Å². The lowest BCUT2D eigenvalue weighted by molar-refractivity contribution is 0.0523. The highest BCUT2D eigenvalue weighted by Crippen LogP contribution is 2.24. The van der Waals surface area contributed by atoms with Gasteiger partial charge in [-0.15, -0.1) is 11.8 Å². The fourth-order valence-corrected chi connectivity index (χ4v) is 1.50. The molecule has 78 valence electrons. The van der Waals surface area contributed by atoms with E-state index < -0.39 is 5.97 Å². The average molecular weight is 216 g/mol. The number of hydrogen-bond donors (Lipinski definition) is 3. The molecule has 0 saturated carbocycles. The number of anilines is 1. The van der Waals surface area contributed by atoms with E-state index >= 15 is 0 Å². The Labute approximate surface area is 85.5 Å². The molecule has 0 aliphatic heterocycles. The minimum Gasteiger partial charge on any atom is -0.462 e. The first-order valence-corrected chi connectivity index (χ1v) is 5.23. The van der Waals surface area contributed by atoms with Gasteiger partial charge in [0, 0.05) is 0 Å². The molecule has 0 atom stereocenters. The standard InChI is InChI=1S/C7H12N4O2S/c1-3-13-7(12)4-5(9-8)10-11-6(4)14-2/h3,8H2,1-2H3,(H2,9,10,11). The lowest BCUT2D eigenvalue weighted by Crippen LogP contribution is -2.13. The van der Waals surface area contributed by atoms with Crippen LogP contribution in [0.4, 0.5) is 5.82 Å². The molecule has 1 rings (SSSR count). The number of carbonyl (C=O) groups is 1. The molecule has 0 bridgehead atoms. The summed E-state index contributed by atoms with van der Waals surface area (Å²) in [6.07, 6.45) is 1.82. The van der Waals surface area contributed by atoms with Crippen LogP contribution in [-0.4, -0.2) is 29.0 Å². The van der Waals surface area contributed by atoms with Gasteiger partial charge in [0.2, 0.25) is 0 Å². The summed E-state index contributed by atoms with van der Waals surface area (Å²) in [6, 6.07) is 0. The highest BCUT2D eigenvalue weighted by molar-refractivity contribution is 7.98. The van der Waals surface area contributed by atoms with Crippen LogP contribution in [-0.2, 0) is 4.74 Å². The first-order valence-electron chi connectivity index (χ1n) is 4.00. The fraction of sp³-hybridized carbons (Fsp3) is 0.429. The number of rotatable bonds is 4. The third kappa shape index (κ3) is 1.99. The first-order chi connectivity index (χ1) is 6.74. The van der Waals surface area contributed by atoms with Crippen molar-refractivity contribution in [1.82, 2.24) is 10.2 Å². The minimum atomic E-state index is -0.432. The van der Waals surface area contributed by atoms with Gasteiger partial charge >= 0.3 is 5.97 Å². The SMILES string of the molecule is CCOC(=O)c1c(SC)n[nH]c1NN. The van der Waals surface area contributed by atoms with Crippen molar-refractivity contribution >= 4 is 23.5 Å². The third-order valence-corrected chi connectivity index (χ3v) is 2.23. The number of ether oxygens (including phenoxy) is 1. The topological polar surface area (TPSA) is 93.0 Å². The number of H-pyrrole nitrogens is 1. The van der Waals surface area contributed by atoms with Gasteiger partial charge in [-0.3, -0.25) is 5.10 Å². The molecule has 1 heterocycles. The molecule has 0 spiro atoms. The summed E-state index contributed by atoms with van der Waals surface area (Å²) in [6.45, 7) is 2.06. The molecule has 0 aliphatic rings. The van der Waals surface area contributed by atoms with Crippen LogP contribution in [0, 0.1) is 0 Å². The van der Waals surface area contributed by atoms with E-state index in [1.165, 1.54) is 11.8 Å². The van der Waals surface area contributed by atoms with E-state index in [-0.39, 0.29) is 0 Å². The van der Waals surface area contributed by atoms with Crippen molar-refractivity contribution in [3.05, 3.63) is 5.56 Å². The molecule has 1 aromatic heterocycles. The highest BCUT2D eigenvalue weighted by atomic mass is 32.2. The Bertz CT molecular complexity index is 304. The number of hydrazine groups is 1. The van der Waals surface area contributed by atoms with E-state index in [4.69, 9.17) is 10.6 Å². The van der Waals surface area contributed by atoms with Gasteiger partial charge in [0.1, 0.15) is 10.6 Å². The van der Waals surface area contributed by atoms with E-state index in [9.17, 15) is 4.79 Å². The van der Waals surface area contributed by atoms with Crippen LogP contribution < -0.4 is 11.3 Å². The fourth-order valence-electron chi connectivity index (χ4n) is 0.970. The van der Waals surface area contributed by atoms with Gasteiger partial charge in [0.25, 0.3) is 0 Å². The predicted octanol–water partition coefficient (Wildman–Crippen LogP) is 0.594. The Morgan fingerprint density at radius 2 is 2.50 bits per heavy atom. The Morgan fingerprint density at radius 3 is 3.00 bits per heavy atom. The van der Waals surface area contributed by atoms with Crippen LogP contribution in [0.1, 0.15) is 17.3 Å². The molecule has 1 aromatic rings. The number of nitrogens with two attached hydrogens (primary N) is 1. The second kappa shape index (κ2) is 4.87. The number of carbonyl (C=O) groups excluding carboxylic acids is 1. The molecule has 0 aromatic carbocycles. The summed E-state index contributed by atoms with van der Waals surface area (Å²) < 4.78 is 4.86. The molecule has 0 aliphatic carbocycles. The van der Waals surface area contributed by atoms with Crippen molar-refractivity contribution in [3.8, 4) is 0 Å². The summed E-state index contributed by atoms with van der Waals surface area (Å²) in [4.78, 5) is 11.5. The maximum absolute atomic E-state index is 11.5. The van der Waals surface area contributed by atoms with E-state index in [0.29, 0.717) is 23.0 Å². The lowest BCUT2D eigenvalue weighted by Gasteiger charge is -2.02. The summed E-state index contributed by atoms with van der Waals surface area (Å²) in [7, 11) is 0. The maximum Gasteiger partial charge on any atom is 0.344 e. The van der Waals surface area contributed by atoms with Crippen LogP contribution in [0.3, 0.4) is 0 Å². The molecular formula is C7H12N4O2S. The van der Waals surface area contributed by atoms with Gasteiger partial charge in [-0.1, -0.05) is 0 Å². The molecule has 6 nitrogen and oxygen atoms in total. The van der Waals surface area contributed by atoms with Crippen LogP contribution in [0.25, 0.3) is 0 Å². The second-order valence-electron chi connectivity index (χ2n) is 2.35. The summed E-state index contributed by atoms with van der Waals surface area (Å²) >= 11 is 1.35. The molecule has 0 unspecified atom stereocenters. The molecule has 14 heavy (non-hydrogen) atoms. The number of hydrogen-bond acceptors (Lipinski definition) is 6. The van der Waals surface area contributed by atoms with Crippen LogP contribution in [0.15, 0.2) is 5.03 Å². The zero-order chi connectivity index (χ0) is 10.6. The summed E-state index contributed by atoms with van der Waals surface area (Å²) in [5.74, 6) is 5.15. The zero-order valence-electron chi connectivity index (χ0n) is 7.96.